The molecule has 0 unspecified atom stereocenters. The minimum atomic E-state index is -4.37. The fourth-order valence-electron chi connectivity index (χ4n) is 2.24. The van der Waals surface area contributed by atoms with Gasteiger partial charge in [-0.3, -0.25) is 0 Å². The summed E-state index contributed by atoms with van der Waals surface area (Å²) in [5.74, 6) is 0.406. The van der Waals surface area contributed by atoms with Gasteiger partial charge in [0.05, 0.1) is 17.7 Å². The van der Waals surface area contributed by atoms with Gasteiger partial charge in [0.2, 0.25) is 0 Å². The van der Waals surface area contributed by atoms with Gasteiger partial charge in [0.1, 0.15) is 5.41 Å². The van der Waals surface area contributed by atoms with E-state index in [9.17, 15) is 23.7 Å². The highest BCUT2D eigenvalue weighted by Crippen LogP contribution is 2.41. The first kappa shape index (κ1) is 14.4. The van der Waals surface area contributed by atoms with E-state index in [1.54, 1.807) is 0 Å². The topological polar surface area (TPSA) is 47.6 Å². The second-order valence-corrected chi connectivity index (χ2v) is 5.32. The van der Waals surface area contributed by atoms with Crippen molar-refractivity contribution in [1.29, 1.82) is 10.5 Å². The summed E-state index contributed by atoms with van der Waals surface area (Å²) in [6.07, 6.45) is -1.64. The quantitative estimate of drug-likeness (QED) is 0.833. The number of halogens is 3. The lowest BCUT2D eigenvalue weighted by Crippen LogP contribution is -2.20. The Balaban J connectivity index is 2.15. The molecule has 1 saturated carbocycles. The second-order valence-electron chi connectivity index (χ2n) is 5.32. The van der Waals surface area contributed by atoms with Crippen molar-refractivity contribution in [3.63, 3.8) is 0 Å². The Kier molecular flexibility index (Phi) is 3.72. The summed E-state index contributed by atoms with van der Waals surface area (Å²) in [6, 6.07) is 8.77. The molecular formula is C15H13F3N2. The third-order valence-corrected chi connectivity index (χ3v) is 3.55. The van der Waals surface area contributed by atoms with Gasteiger partial charge in [0, 0.05) is 6.42 Å². The molecule has 0 saturated heterocycles. The van der Waals surface area contributed by atoms with Crippen molar-refractivity contribution in [2.75, 3.05) is 0 Å². The molecule has 2 nitrogen and oxygen atoms in total. The van der Waals surface area contributed by atoms with Crippen LogP contribution in [0.3, 0.4) is 0 Å². The predicted octanol–water partition coefficient (Wildman–Crippen LogP) is 4.08. The Labute approximate surface area is 115 Å². The van der Waals surface area contributed by atoms with Gasteiger partial charge in [0.15, 0.2) is 0 Å². The maximum atomic E-state index is 12.5. The molecule has 5 heteroatoms. The molecule has 20 heavy (non-hydrogen) atoms. The standard InChI is InChI=1S/C15H13F3N2/c16-15(17,18)13-5-3-12(4-6-13)8-14(9-19,10-20)7-11-1-2-11/h3-6,11H,1-2,7-8H2. The van der Waals surface area contributed by atoms with Crippen LogP contribution in [-0.4, -0.2) is 0 Å². The Morgan fingerprint density at radius 2 is 1.60 bits per heavy atom. The van der Waals surface area contributed by atoms with Gasteiger partial charge < -0.3 is 0 Å². The molecule has 104 valence electrons. The fraction of sp³-hybridized carbons (Fsp3) is 0.467. The Morgan fingerprint density at radius 3 is 2.00 bits per heavy atom. The van der Waals surface area contributed by atoms with E-state index in [1.165, 1.54) is 12.1 Å². The van der Waals surface area contributed by atoms with Crippen LogP contribution in [-0.2, 0) is 12.6 Å². The molecule has 1 aliphatic carbocycles. The maximum absolute atomic E-state index is 12.5. The van der Waals surface area contributed by atoms with Gasteiger partial charge in [-0.15, -0.1) is 0 Å². The molecular weight excluding hydrogens is 265 g/mol. The largest absolute Gasteiger partial charge is 0.416 e. The van der Waals surface area contributed by atoms with Crippen molar-refractivity contribution in [1.82, 2.24) is 0 Å². The molecule has 0 amide bonds. The van der Waals surface area contributed by atoms with Gasteiger partial charge in [-0.2, -0.15) is 23.7 Å². The third kappa shape index (κ3) is 3.30. The smallest absolute Gasteiger partial charge is 0.197 e. The number of rotatable bonds is 4. The molecule has 0 heterocycles. The van der Waals surface area contributed by atoms with E-state index in [2.05, 4.69) is 0 Å². The van der Waals surface area contributed by atoms with Crippen LogP contribution in [0.25, 0.3) is 0 Å². The van der Waals surface area contributed by atoms with Crippen LogP contribution in [0.1, 0.15) is 30.4 Å². The Hall–Kier alpha value is -2.01. The van der Waals surface area contributed by atoms with Crippen LogP contribution in [0.2, 0.25) is 0 Å². The zero-order valence-electron chi connectivity index (χ0n) is 10.7. The van der Waals surface area contributed by atoms with E-state index < -0.39 is 17.2 Å². The van der Waals surface area contributed by atoms with Crippen molar-refractivity contribution >= 4 is 0 Å². The lowest BCUT2D eigenvalue weighted by molar-refractivity contribution is -0.137. The minimum absolute atomic E-state index is 0.175. The highest BCUT2D eigenvalue weighted by Gasteiger charge is 2.38. The lowest BCUT2D eigenvalue weighted by Gasteiger charge is -2.18. The summed E-state index contributed by atoms with van der Waals surface area (Å²) in [4.78, 5) is 0. The van der Waals surface area contributed by atoms with Crippen molar-refractivity contribution < 1.29 is 13.2 Å². The molecule has 0 aromatic heterocycles. The molecule has 1 aromatic rings. The summed E-state index contributed by atoms with van der Waals surface area (Å²) >= 11 is 0. The van der Waals surface area contributed by atoms with Gasteiger partial charge in [-0.1, -0.05) is 25.0 Å². The Morgan fingerprint density at radius 1 is 1.05 bits per heavy atom. The van der Waals surface area contributed by atoms with Crippen molar-refractivity contribution in [3.8, 4) is 12.1 Å². The summed E-state index contributed by atoms with van der Waals surface area (Å²) < 4.78 is 37.4. The number of benzene rings is 1. The van der Waals surface area contributed by atoms with E-state index in [1.807, 2.05) is 12.1 Å². The van der Waals surface area contributed by atoms with E-state index >= 15 is 0 Å². The predicted molar refractivity (Wildman–Crippen MR) is 66.1 cm³/mol. The monoisotopic (exact) mass is 278 g/mol. The molecule has 0 bridgehead atoms. The number of nitriles is 2. The first-order valence-electron chi connectivity index (χ1n) is 6.37. The van der Waals surface area contributed by atoms with Crippen LogP contribution in [0.5, 0.6) is 0 Å². The maximum Gasteiger partial charge on any atom is 0.416 e. The van der Waals surface area contributed by atoms with Gasteiger partial charge in [0.25, 0.3) is 0 Å². The highest BCUT2D eigenvalue weighted by molar-refractivity contribution is 5.29. The third-order valence-electron chi connectivity index (χ3n) is 3.55. The summed E-state index contributed by atoms with van der Waals surface area (Å²) in [5, 5.41) is 18.5. The normalized spacial score (nSPS) is 15.4. The Bertz CT molecular complexity index is 543. The molecule has 1 aromatic carbocycles. The SMILES string of the molecule is N#CC(C#N)(Cc1ccc(C(F)(F)F)cc1)CC1CC1. The molecule has 0 aliphatic heterocycles. The average molecular weight is 278 g/mol. The van der Waals surface area contributed by atoms with Gasteiger partial charge >= 0.3 is 6.18 Å². The average Bonchev–Trinajstić information content (AvgIpc) is 3.21. The zero-order chi connectivity index (χ0) is 14.8. The number of alkyl halides is 3. The number of nitrogens with zero attached hydrogens (tertiary/aromatic N) is 2. The van der Waals surface area contributed by atoms with Crippen LogP contribution in [0, 0.1) is 34.0 Å². The van der Waals surface area contributed by atoms with E-state index in [-0.39, 0.29) is 6.42 Å². The lowest BCUT2D eigenvalue weighted by atomic mass is 9.80. The van der Waals surface area contributed by atoms with Crippen LogP contribution < -0.4 is 0 Å². The molecule has 0 atom stereocenters. The molecule has 0 spiro atoms. The van der Waals surface area contributed by atoms with Gasteiger partial charge in [-0.25, -0.2) is 0 Å². The first-order chi connectivity index (χ1) is 9.38. The molecule has 2 rings (SSSR count). The van der Waals surface area contributed by atoms with Crippen molar-refractivity contribution in [2.24, 2.45) is 11.3 Å². The summed E-state index contributed by atoms with van der Waals surface area (Å²) in [7, 11) is 0. The van der Waals surface area contributed by atoms with E-state index in [4.69, 9.17) is 0 Å². The fourth-order valence-corrected chi connectivity index (χ4v) is 2.24. The zero-order valence-corrected chi connectivity index (χ0v) is 10.7. The molecule has 1 fully saturated rings. The summed E-state index contributed by atoms with van der Waals surface area (Å²) in [5.41, 5.74) is -1.26. The van der Waals surface area contributed by atoms with Crippen LogP contribution in [0.15, 0.2) is 24.3 Å². The molecule has 0 radical (unpaired) electrons. The van der Waals surface area contributed by atoms with Crippen LogP contribution >= 0.6 is 0 Å². The van der Waals surface area contributed by atoms with Gasteiger partial charge in [-0.05, 0) is 30.0 Å². The first-order valence-corrected chi connectivity index (χ1v) is 6.37. The second kappa shape index (κ2) is 5.17. The van der Waals surface area contributed by atoms with E-state index in [0.717, 1.165) is 25.0 Å². The number of hydrogen-bond donors (Lipinski definition) is 0. The summed E-state index contributed by atoms with van der Waals surface area (Å²) in [6.45, 7) is 0. The highest BCUT2D eigenvalue weighted by atomic mass is 19.4. The van der Waals surface area contributed by atoms with E-state index in [0.29, 0.717) is 17.9 Å². The van der Waals surface area contributed by atoms with Crippen molar-refractivity contribution in [3.05, 3.63) is 35.4 Å². The molecule has 0 N–H and O–H groups in total. The number of hydrogen-bond acceptors (Lipinski definition) is 2. The van der Waals surface area contributed by atoms with Crippen molar-refractivity contribution in [2.45, 2.75) is 31.9 Å². The van der Waals surface area contributed by atoms with Crippen LogP contribution in [0.4, 0.5) is 13.2 Å². The molecule has 1 aliphatic rings. The minimum Gasteiger partial charge on any atom is -0.197 e.